The Hall–Kier alpha value is -1.62. The Morgan fingerprint density at radius 2 is 2.27 bits per heavy atom. The van der Waals surface area contributed by atoms with Gasteiger partial charge in [0, 0.05) is 6.92 Å². The molecule has 0 unspecified atom stereocenters. The van der Waals surface area contributed by atoms with Gasteiger partial charge in [0.25, 0.3) is 0 Å². The number of rotatable bonds is 6. The quantitative estimate of drug-likeness (QED) is 0.402. The molecular formula is C10H12O5. The minimum Gasteiger partial charge on any atom is -0.463 e. The Kier molecular flexibility index (Phi) is 4.56. The van der Waals surface area contributed by atoms with Gasteiger partial charge < -0.3 is 13.9 Å². The standard InChI is InChI=1S/C10H12O5/c1-8(12)14-5-4-13-7-10-3-2-9(6-11)15-10/h2-3,6H,4-5,7H2,1H3. The topological polar surface area (TPSA) is 65.7 Å². The lowest BCUT2D eigenvalue weighted by atomic mass is 10.4. The lowest BCUT2D eigenvalue weighted by molar-refractivity contribution is -0.142. The number of ether oxygens (including phenoxy) is 2. The van der Waals surface area contributed by atoms with Gasteiger partial charge in [0.2, 0.25) is 0 Å². The van der Waals surface area contributed by atoms with Crippen molar-refractivity contribution in [3.63, 3.8) is 0 Å². The van der Waals surface area contributed by atoms with E-state index in [0.717, 1.165) is 0 Å². The molecule has 0 atom stereocenters. The normalized spacial score (nSPS) is 9.93. The molecular weight excluding hydrogens is 200 g/mol. The molecule has 5 nitrogen and oxygen atoms in total. The first-order valence-electron chi connectivity index (χ1n) is 4.47. The zero-order valence-corrected chi connectivity index (χ0v) is 8.39. The van der Waals surface area contributed by atoms with Crippen LogP contribution in [0.25, 0.3) is 0 Å². The second-order valence-electron chi connectivity index (χ2n) is 2.81. The Morgan fingerprint density at radius 3 is 2.87 bits per heavy atom. The third-order valence-electron chi connectivity index (χ3n) is 1.58. The SMILES string of the molecule is CC(=O)OCCOCc1ccc(C=O)o1. The first kappa shape index (κ1) is 11.5. The van der Waals surface area contributed by atoms with Crippen LogP contribution in [0.5, 0.6) is 0 Å². The zero-order valence-electron chi connectivity index (χ0n) is 8.39. The van der Waals surface area contributed by atoms with Gasteiger partial charge in [-0.25, -0.2) is 0 Å². The van der Waals surface area contributed by atoms with Crippen molar-refractivity contribution in [1.82, 2.24) is 0 Å². The number of hydrogen-bond acceptors (Lipinski definition) is 5. The summed E-state index contributed by atoms with van der Waals surface area (Å²) in [6.45, 7) is 2.12. The third kappa shape index (κ3) is 4.42. The fourth-order valence-electron chi connectivity index (χ4n) is 0.952. The van der Waals surface area contributed by atoms with Gasteiger partial charge in [-0.05, 0) is 12.1 Å². The highest BCUT2D eigenvalue weighted by Gasteiger charge is 2.00. The summed E-state index contributed by atoms with van der Waals surface area (Å²) in [5.74, 6) is 0.508. The number of carbonyl (C=O) groups excluding carboxylic acids is 2. The van der Waals surface area contributed by atoms with E-state index in [1.165, 1.54) is 6.92 Å². The summed E-state index contributed by atoms with van der Waals surface area (Å²) in [7, 11) is 0. The second-order valence-corrected chi connectivity index (χ2v) is 2.81. The van der Waals surface area contributed by atoms with Gasteiger partial charge in [-0.2, -0.15) is 0 Å². The van der Waals surface area contributed by atoms with Gasteiger partial charge in [-0.15, -0.1) is 0 Å². The van der Waals surface area contributed by atoms with Crippen LogP contribution in [-0.4, -0.2) is 25.5 Å². The average Bonchev–Trinajstić information content (AvgIpc) is 2.65. The first-order valence-corrected chi connectivity index (χ1v) is 4.47. The lowest BCUT2D eigenvalue weighted by Gasteiger charge is -2.02. The highest BCUT2D eigenvalue weighted by Crippen LogP contribution is 2.06. The van der Waals surface area contributed by atoms with Gasteiger partial charge >= 0.3 is 5.97 Å². The van der Waals surface area contributed by atoms with Crippen LogP contribution in [0.1, 0.15) is 23.2 Å². The summed E-state index contributed by atoms with van der Waals surface area (Å²) in [5.41, 5.74) is 0. The smallest absolute Gasteiger partial charge is 0.302 e. The number of esters is 1. The molecule has 0 amide bonds. The van der Waals surface area contributed by atoms with Crippen LogP contribution in [0.15, 0.2) is 16.5 Å². The molecule has 5 heteroatoms. The van der Waals surface area contributed by atoms with E-state index in [4.69, 9.17) is 9.15 Å². The van der Waals surface area contributed by atoms with E-state index in [2.05, 4.69) is 4.74 Å². The van der Waals surface area contributed by atoms with Crippen LogP contribution in [0.2, 0.25) is 0 Å². The molecule has 0 saturated heterocycles. The molecule has 0 aliphatic rings. The van der Waals surface area contributed by atoms with Crippen molar-refractivity contribution in [2.75, 3.05) is 13.2 Å². The van der Waals surface area contributed by atoms with Crippen molar-refractivity contribution >= 4 is 12.3 Å². The maximum Gasteiger partial charge on any atom is 0.302 e. The predicted octanol–water partition coefficient (Wildman–Crippen LogP) is 1.17. The van der Waals surface area contributed by atoms with E-state index < -0.39 is 0 Å². The van der Waals surface area contributed by atoms with Crippen molar-refractivity contribution in [3.8, 4) is 0 Å². The monoisotopic (exact) mass is 212 g/mol. The van der Waals surface area contributed by atoms with Crippen molar-refractivity contribution < 1.29 is 23.5 Å². The first-order chi connectivity index (χ1) is 7.22. The van der Waals surface area contributed by atoms with Crippen LogP contribution in [0.3, 0.4) is 0 Å². The molecule has 1 aromatic rings. The van der Waals surface area contributed by atoms with Crippen molar-refractivity contribution in [3.05, 3.63) is 23.7 Å². The molecule has 0 aliphatic carbocycles. The van der Waals surface area contributed by atoms with Crippen LogP contribution in [0.4, 0.5) is 0 Å². The Labute approximate surface area is 87.0 Å². The highest BCUT2D eigenvalue weighted by molar-refractivity contribution is 5.70. The fourth-order valence-corrected chi connectivity index (χ4v) is 0.952. The summed E-state index contributed by atoms with van der Waals surface area (Å²) in [5, 5.41) is 0. The molecule has 0 fully saturated rings. The van der Waals surface area contributed by atoms with E-state index in [0.29, 0.717) is 18.7 Å². The molecule has 0 aliphatic heterocycles. The van der Waals surface area contributed by atoms with Crippen molar-refractivity contribution in [1.29, 1.82) is 0 Å². The minimum atomic E-state index is -0.333. The van der Waals surface area contributed by atoms with Gasteiger partial charge in [0.05, 0.1) is 6.61 Å². The summed E-state index contributed by atoms with van der Waals surface area (Å²) < 4.78 is 14.9. The lowest BCUT2D eigenvalue weighted by Crippen LogP contribution is -2.07. The van der Waals surface area contributed by atoms with E-state index in [9.17, 15) is 9.59 Å². The van der Waals surface area contributed by atoms with Crippen LogP contribution < -0.4 is 0 Å². The van der Waals surface area contributed by atoms with Gasteiger partial charge in [-0.3, -0.25) is 9.59 Å². The number of furan rings is 1. The van der Waals surface area contributed by atoms with Gasteiger partial charge in [0.15, 0.2) is 12.0 Å². The largest absolute Gasteiger partial charge is 0.463 e. The molecule has 1 aromatic heterocycles. The Bertz CT molecular complexity index is 328. The molecule has 82 valence electrons. The minimum absolute atomic E-state index is 0.219. The molecule has 0 radical (unpaired) electrons. The highest BCUT2D eigenvalue weighted by atomic mass is 16.6. The summed E-state index contributed by atoms with van der Waals surface area (Å²) >= 11 is 0. The van der Waals surface area contributed by atoms with Gasteiger partial charge in [-0.1, -0.05) is 0 Å². The van der Waals surface area contributed by atoms with Crippen molar-refractivity contribution in [2.24, 2.45) is 0 Å². The van der Waals surface area contributed by atoms with E-state index in [1.807, 2.05) is 0 Å². The predicted molar refractivity (Wildman–Crippen MR) is 50.4 cm³/mol. The van der Waals surface area contributed by atoms with E-state index in [-0.39, 0.29) is 24.9 Å². The molecule has 0 bridgehead atoms. The number of aldehydes is 1. The Morgan fingerprint density at radius 1 is 1.47 bits per heavy atom. The molecule has 15 heavy (non-hydrogen) atoms. The molecule has 1 rings (SSSR count). The molecule has 1 heterocycles. The summed E-state index contributed by atoms with van der Waals surface area (Å²) in [6, 6.07) is 3.23. The summed E-state index contributed by atoms with van der Waals surface area (Å²) in [6.07, 6.45) is 0.627. The third-order valence-corrected chi connectivity index (χ3v) is 1.58. The molecule has 0 spiro atoms. The second kappa shape index (κ2) is 5.98. The van der Waals surface area contributed by atoms with Gasteiger partial charge in [0.1, 0.15) is 19.0 Å². The van der Waals surface area contributed by atoms with Crippen molar-refractivity contribution in [2.45, 2.75) is 13.5 Å². The Balaban J connectivity index is 2.14. The van der Waals surface area contributed by atoms with E-state index in [1.54, 1.807) is 12.1 Å². The van der Waals surface area contributed by atoms with Crippen LogP contribution in [0, 0.1) is 0 Å². The molecule has 0 aromatic carbocycles. The van der Waals surface area contributed by atoms with Crippen LogP contribution >= 0.6 is 0 Å². The fraction of sp³-hybridized carbons (Fsp3) is 0.400. The number of carbonyl (C=O) groups is 2. The summed E-state index contributed by atoms with van der Waals surface area (Å²) in [4.78, 5) is 20.7. The van der Waals surface area contributed by atoms with E-state index >= 15 is 0 Å². The van der Waals surface area contributed by atoms with Crippen LogP contribution in [-0.2, 0) is 20.9 Å². The molecule has 0 N–H and O–H groups in total. The average molecular weight is 212 g/mol. The maximum atomic E-state index is 10.4. The zero-order chi connectivity index (χ0) is 11.1. The maximum absolute atomic E-state index is 10.4. The molecule has 0 saturated carbocycles. The number of hydrogen-bond donors (Lipinski definition) is 0.